The topological polar surface area (TPSA) is 56.3 Å². The van der Waals surface area contributed by atoms with Crippen LogP contribution in [-0.4, -0.2) is 36.3 Å². The Kier molecular flexibility index (Phi) is 5.10. The van der Waals surface area contributed by atoms with Gasteiger partial charge in [0, 0.05) is 26.0 Å². The summed E-state index contributed by atoms with van der Waals surface area (Å²) in [6.07, 6.45) is 5.00. The maximum atomic E-state index is 5.55. The van der Waals surface area contributed by atoms with Crippen molar-refractivity contribution in [2.75, 3.05) is 19.5 Å². The largest absolute Gasteiger partial charge is 0.379 e. The van der Waals surface area contributed by atoms with Crippen molar-refractivity contribution in [3.05, 3.63) is 17.6 Å². The average molecular weight is 265 g/mol. The van der Waals surface area contributed by atoms with Crippen LogP contribution in [0.4, 0.5) is 5.82 Å². The fourth-order valence-electron chi connectivity index (χ4n) is 2.63. The van der Waals surface area contributed by atoms with Crippen LogP contribution >= 0.6 is 0 Å². The molecule has 0 unspecified atom stereocenters. The van der Waals surface area contributed by atoms with E-state index in [-0.39, 0.29) is 6.10 Å². The van der Waals surface area contributed by atoms with Crippen LogP contribution in [0.1, 0.15) is 37.2 Å². The van der Waals surface area contributed by atoms with Crippen LogP contribution in [-0.2, 0) is 16.1 Å². The van der Waals surface area contributed by atoms with Gasteiger partial charge in [-0.2, -0.15) is 0 Å². The maximum absolute atomic E-state index is 5.55. The third-order valence-corrected chi connectivity index (χ3v) is 3.51. The summed E-state index contributed by atoms with van der Waals surface area (Å²) in [6.45, 7) is 2.41. The van der Waals surface area contributed by atoms with E-state index in [1.54, 1.807) is 14.2 Å². The van der Waals surface area contributed by atoms with Gasteiger partial charge in [-0.3, -0.25) is 0 Å². The fraction of sp³-hybridized carbons (Fsp3) is 0.714. The number of methoxy groups -OCH3 is 2. The van der Waals surface area contributed by atoms with Gasteiger partial charge >= 0.3 is 0 Å². The monoisotopic (exact) mass is 265 g/mol. The van der Waals surface area contributed by atoms with Gasteiger partial charge in [-0.05, 0) is 19.8 Å². The third-order valence-electron chi connectivity index (χ3n) is 3.51. The minimum Gasteiger partial charge on any atom is -0.379 e. The van der Waals surface area contributed by atoms with Crippen molar-refractivity contribution in [3.8, 4) is 0 Å². The molecule has 1 aromatic rings. The number of ether oxygens (including phenoxy) is 2. The smallest absolute Gasteiger partial charge is 0.156 e. The Morgan fingerprint density at radius 1 is 1.26 bits per heavy atom. The highest BCUT2D eigenvalue weighted by atomic mass is 16.5. The second-order valence-corrected chi connectivity index (χ2v) is 5.05. The number of hydrogen-bond donors (Lipinski definition) is 1. The molecule has 106 valence electrons. The first kappa shape index (κ1) is 14.2. The van der Waals surface area contributed by atoms with Crippen LogP contribution in [0.5, 0.6) is 0 Å². The van der Waals surface area contributed by atoms with Crippen molar-refractivity contribution in [1.82, 2.24) is 9.97 Å². The molecule has 0 amide bonds. The molecule has 1 aliphatic carbocycles. The van der Waals surface area contributed by atoms with E-state index in [9.17, 15) is 0 Å². The van der Waals surface area contributed by atoms with Gasteiger partial charge in [0.15, 0.2) is 5.82 Å². The molecule has 1 aliphatic rings. The van der Waals surface area contributed by atoms with Crippen LogP contribution in [0.2, 0.25) is 0 Å². The van der Waals surface area contributed by atoms with E-state index in [2.05, 4.69) is 15.3 Å². The molecule has 0 saturated heterocycles. The zero-order valence-corrected chi connectivity index (χ0v) is 12.0. The maximum Gasteiger partial charge on any atom is 0.156 e. The van der Waals surface area contributed by atoms with Crippen molar-refractivity contribution in [2.45, 2.75) is 51.4 Å². The molecule has 0 aromatic carbocycles. The summed E-state index contributed by atoms with van der Waals surface area (Å²) in [5.41, 5.74) is 0.953. The Bertz CT molecular complexity index is 412. The highest BCUT2D eigenvalue weighted by Crippen LogP contribution is 2.23. The molecule has 0 spiro atoms. The number of nitrogens with one attached hydrogen (secondary N) is 1. The molecule has 2 atom stereocenters. The molecule has 1 fully saturated rings. The van der Waals surface area contributed by atoms with E-state index in [0.29, 0.717) is 12.6 Å². The van der Waals surface area contributed by atoms with E-state index < -0.39 is 0 Å². The number of hydrogen-bond acceptors (Lipinski definition) is 5. The Labute approximate surface area is 114 Å². The normalized spacial score (nSPS) is 23.3. The van der Waals surface area contributed by atoms with E-state index in [1.165, 1.54) is 12.8 Å². The molecule has 0 bridgehead atoms. The lowest BCUT2D eigenvalue weighted by molar-refractivity contribution is 0.0605. The highest BCUT2D eigenvalue weighted by molar-refractivity contribution is 5.37. The standard InChI is InChI=1S/C14H23N3O2/c1-10-8-13(17-14(15-10)9-18-2)16-11-6-4-5-7-12(11)19-3/h8,11-12H,4-7,9H2,1-3H3,(H,15,16,17)/t11-,12-/m0/s1. The van der Waals surface area contributed by atoms with Crippen molar-refractivity contribution in [1.29, 1.82) is 0 Å². The summed E-state index contributed by atoms with van der Waals surface area (Å²) in [5.74, 6) is 1.59. The van der Waals surface area contributed by atoms with Crippen LogP contribution in [0.3, 0.4) is 0 Å². The van der Waals surface area contributed by atoms with E-state index in [0.717, 1.165) is 30.2 Å². The average Bonchev–Trinajstić information content (AvgIpc) is 2.39. The van der Waals surface area contributed by atoms with Crippen molar-refractivity contribution < 1.29 is 9.47 Å². The van der Waals surface area contributed by atoms with Gasteiger partial charge in [0.1, 0.15) is 12.4 Å². The van der Waals surface area contributed by atoms with Crippen LogP contribution in [0.25, 0.3) is 0 Å². The zero-order valence-electron chi connectivity index (χ0n) is 12.0. The Morgan fingerprint density at radius 2 is 2.05 bits per heavy atom. The predicted molar refractivity (Wildman–Crippen MR) is 74.2 cm³/mol. The molecule has 1 aromatic heterocycles. The van der Waals surface area contributed by atoms with Gasteiger partial charge in [0.25, 0.3) is 0 Å². The molecule has 19 heavy (non-hydrogen) atoms. The van der Waals surface area contributed by atoms with Gasteiger partial charge < -0.3 is 14.8 Å². The molecule has 2 rings (SSSR count). The fourth-order valence-corrected chi connectivity index (χ4v) is 2.63. The van der Waals surface area contributed by atoms with Gasteiger partial charge in [-0.1, -0.05) is 12.8 Å². The minimum atomic E-state index is 0.273. The lowest BCUT2D eigenvalue weighted by Crippen LogP contribution is -2.38. The molecular weight excluding hydrogens is 242 g/mol. The molecular formula is C14H23N3O2. The summed E-state index contributed by atoms with van der Waals surface area (Å²) in [5, 5.41) is 3.49. The molecule has 5 heteroatoms. The first-order valence-corrected chi connectivity index (χ1v) is 6.85. The molecule has 1 heterocycles. The Morgan fingerprint density at radius 3 is 2.79 bits per heavy atom. The molecule has 1 saturated carbocycles. The number of aromatic nitrogens is 2. The SMILES string of the molecule is COCc1nc(C)cc(N[C@H]2CCCC[C@@H]2OC)n1. The summed E-state index contributed by atoms with van der Waals surface area (Å²) in [6, 6.07) is 2.31. The summed E-state index contributed by atoms with van der Waals surface area (Å²) in [7, 11) is 3.44. The number of anilines is 1. The van der Waals surface area contributed by atoms with Crippen molar-refractivity contribution in [2.24, 2.45) is 0 Å². The first-order chi connectivity index (χ1) is 9.22. The summed E-state index contributed by atoms with van der Waals surface area (Å²) in [4.78, 5) is 8.83. The zero-order chi connectivity index (χ0) is 13.7. The lowest BCUT2D eigenvalue weighted by Gasteiger charge is -2.31. The Balaban J connectivity index is 2.08. The van der Waals surface area contributed by atoms with Gasteiger partial charge in [0.2, 0.25) is 0 Å². The van der Waals surface area contributed by atoms with Gasteiger partial charge in [0.05, 0.1) is 12.1 Å². The molecule has 5 nitrogen and oxygen atoms in total. The summed E-state index contributed by atoms with van der Waals surface area (Å²) >= 11 is 0. The molecule has 1 N–H and O–H groups in total. The van der Waals surface area contributed by atoms with Crippen LogP contribution in [0.15, 0.2) is 6.07 Å². The summed E-state index contributed by atoms with van der Waals surface area (Å²) < 4.78 is 10.6. The van der Waals surface area contributed by atoms with E-state index >= 15 is 0 Å². The quantitative estimate of drug-likeness (QED) is 0.885. The molecule has 0 radical (unpaired) electrons. The Hall–Kier alpha value is -1.20. The highest BCUT2D eigenvalue weighted by Gasteiger charge is 2.25. The van der Waals surface area contributed by atoms with Crippen molar-refractivity contribution >= 4 is 5.82 Å². The second-order valence-electron chi connectivity index (χ2n) is 5.05. The van der Waals surface area contributed by atoms with E-state index in [4.69, 9.17) is 9.47 Å². The number of nitrogens with zero attached hydrogens (tertiary/aromatic N) is 2. The predicted octanol–water partition coefficient (Wildman–Crippen LogP) is 2.30. The second kappa shape index (κ2) is 6.82. The van der Waals surface area contributed by atoms with Gasteiger partial charge in [-0.15, -0.1) is 0 Å². The van der Waals surface area contributed by atoms with Crippen LogP contribution < -0.4 is 5.32 Å². The minimum absolute atomic E-state index is 0.273. The molecule has 0 aliphatic heterocycles. The number of rotatable bonds is 5. The third kappa shape index (κ3) is 3.88. The number of aryl methyl sites for hydroxylation is 1. The van der Waals surface area contributed by atoms with E-state index in [1.807, 2.05) is 13.0 Å². The van der Waals surface area contributed by atoms with Gasteiger partial charge in [-0.25, -0.2) is 9.97 Å². The first-order valence-electron chi connectivity index (χ1n) is 6.85. The van der Waals surface area contributed by atoms with Crippen LogP contribution in [0, 0.1) is 6.92 Å². The van der Waals surface area contributed by atoms with Crippen molar-refractivity contribution in [3.63, 3.8) is 0 Å². The lowest BCUT2D eigenvalue weighted by atomic mass is 9.92.